The number of halogens is 3. The summed E-state index contributed by atoms with van der Waals surface area (Å²) in [6.45, 7) is 0. The van der Waals surface area contributed by atoms with E-state index in [0.29, 0.717) is 39.3 Å². The molecule has 29 heavy (non-hydrogen) atoms. The first kappa shape index (κ1) is 18.7. The number of anilines is 1. The number of carboxylic acid groups (broad SMARTS) is 1. The standard InChI is InChI=1S/C20H11ClF2N2O4/c21-10-2-4-16(28-18-8-14(22)12(20(26)27)7-15(18)23)11(6-10)9-1-3-17-13(5-9)19(24)25-29-17/h1-8H,(H2,24,25)(H,26,27). The second kappa shape index (κ2) is 7.06. The molecule has 0 atom stereocenters. The zero-order chi connectivity index (χ0) is 20.7. The molecule has 3 N–H and O–H groups in total. The van der Waals surface area contributed by atoms with Gasteiger partial charge in [-0.1, -0.05) is 22.8 Å². The number of benzene rings is 3. The lowest BCUT2D eigenvalue weighted by Crippen LogP contribution is -2.03. The number of hydrogen-bond donors (Lipinski definition) is 2. The number of carboxylic acids is 1. The summed E-state index contributed by atoms with van der Waals surface area (Å²) in [5, 5.41) is 13.5. The largest absolute Gasteiger partial charge is 0.478 e. The van der Waals surface area contributed by atoms with Gasteiger partial charge in [-0.05, 0) is 42.0 Å². The van der Waals surface area contributed by atoms with Crippen LogP contribution >= 0.6 is 11.6 Å². The number of rotatable bonds is 4. The first-order chi connectivity index (χ1) is 13.8. The van der Waals surface area contributed by atoms with E-state index in [-0.39, 0.29) is 11.6 Å². The Morgan fingerprint density at radius 3 is 2.62 bits per heavy atom. The molecule has 0 fully saturated rings. The van der Waals surface area contributed by atoms with Crippen LogP contribution in [0.1, 0.15) is 10.4 Å². The van der Waals surface area contributed by atoms with Crippen LogP contribution in [0.15, 0.2) is 53.1 Å². The molecular formula is C20H11ClF2N2O4. The summed E-state index contributed by atoms with van der Waals surface area (Å²) < 4.78 is 38.9. The van der Waals surface area contributed by atoms with Crippen molar-refractivity contribution in [2.75, 3.05) is 5.73 Å². The molecule has 0 saturated carbocycles. The number of nitrogen functional groups attached to an aromatic ring is 1. The van der Waals surface area contributed by atoms with Gasteiger partial charge >= 0.3 is 5.97 Å². The lowest BCUT2D eigenvalue weighted by atomic mass is 10.0. The van der Waals surface area contributed by atoms with Crippen molar-refractivity contribution < 1.29 is 27.9 Å². The highest BCUT2D eigenvalue weighted by Gasteiger charge is 2.18. The highest BCUT2D eigenvalue weighted by molar-refractivity contribution is 6.31. The highest BCUT2D eigenvalue weighted by Crippen LogP contribution is 2.38. The Labute approximate surface area is 167 Å². The summed E-state index contributed by atoms with van der Waals surface area (Å²) >= 11 is 6.10. The van der Waals surface area contributed by atoms with Crippen LogP contribution in [0.2, 0.25) is 5.02 Å². The third-order valence-corrected chi connectivity index (χ3v) is 4.46. The molecule has 0 aliphatic rings. The minimum Gasteiger partial charge on any atom is -0.478 e. The topological polar surface area (TPSA) is 98.6 Å². The van der Waals surface area contributed by atoms with Gasteiger partial charge in [0.05, 0.1) is 10.9 Å². The van der Waals surface area contributed by atoms with Gasteiger partial charge in [-0.15, -0.1) is 0 Å². The van der Waals surface area contributed by atoms with Crippen LogP contribution in [-0.4, -0.2) is 16.2 Å². The van der Waals surface area contributed by atoms with Gasteiger partial charge in [0, 0.05) is 16.7 Å². The van der Waals surface area contributed by atoms with Crippen LogP contribution in [0.25, 0.3) is 22.1 Å². The Morgan fingerprint density at radius 1 is 1.07 bits per heavy atom. The number of fused-ring (bicyclic) bond motifs is 1. The Bertz CT molecular complexity index is 1270. The summed E-state index contributed by atoms with van der Waals surface area (Å²) in [4.78, 5) is 10.9. The van der Waals surface area contributed by atoms with Crippen LogP contribution in [0.4, 0.5) is 14.6 Å². The SMILES string of the molecule is Nc1noc2ccc(-c3cc(Cl)ccc3Oc3cc(F)c(C(=O)O)cc3F)cc12. The fourth-order valence-corrected chi connectivity index (χ4v) is 3.00. The van der Waals surface area contributed by atoms with Crippen LogP contribution < -0.4 is 10.5 Å². The fraction of sp³-hybridized carbons (Fsp3) is 0. The van der Waals surface area contributed by atoms with E-state index in [0.717, 1.165) is 0 Å². The van der Waals surface area contributed by atoms with Gasteiger partial charge in [0.2, 0.25) is 0 Å². The molecular weight excluding hydrogens is 406 g/mol. The molecule has 0 amide bonds. The van der Waals surface area contributed by atoms with E-state index in [1.165, 1.54) is 12.1 Å². The average Bonchev–Trinajstić information content (AvgIpc) is 3.06. The molecule has 146 valence electrons. The number of aromatic nitrogens is 1. The van der Waals surface area contributed by atoms with Crippen molar-refractivity contribution in [3.8, 4) is 22.6 Å². The van der Waals surface area contributed by atoms with Crippen LogP contribution in [0.3, 0.4) is 0 Å². The van der Waals surface area contributed by atoms with E-state index in [4.69, 9.17) is 31.7 Å². The second-order valence-electron chi connectivity index (χ2n) is 6.09. The van der Waals surface area contributed by atoms with Crippen molar-refractivity contribution in [1.82, 2.24) is 5.16 Å². The predicted molar refractivity (Wildman–Crippen MR) is 102 cm³/mol. The van der Waals surface area contributed by atoms with Gasteiger partial charge in [0.15, 0.2) is 23.0 Å². The maximum Gasteiger partial charge on any atom is 0.338 e. The maximum atomic E-state index is 14.3. The molecule has 0 radical (unpaired) electrons. The molecule has 9 heteroatoms. The van der Waals surface area contributed by atoms with Gasteiger partial charge in [-0.2, -0.15) is 0 Å². The molecule has 0 aliphatic carbocycles. The highest BCUT2D eigenvalue weighted by atomic mass is 35.5. The minimum atomic E-state index is -1.58. The molecule has 4 rings (SSSR count). The van der Waals surface area contributed by atoms with Crippen molar-refractivity contribution >= 4 is 34.4 Å². The van der Waals surface area contributed by atoms with E-state index in [9.17, 15) is 13.6 Å². The number of carbonyl (C=O) groups is 1. The number of hydrogen-bond acceptors (Lipinski definition) is 5. The van der Waals surface area contributed by atoms with Gasteiger partial charge in [0.25, 0.3) is 0 Å². The Balaban J connectivity index is 1.80. The molecule has 1 heterocycles. The minimum absolute atomic E-state index is 0.171. The first-order valence-corrected chi connectivity index (χ1v) is 8.56. The summed E-state index contributed by atoms with van der Waals surface area (Å²) in [6.07, 6.45) is 0. The fourth-order valence-electron chi connectivity index (χ4n) is 2.83. The average molecular weight is 417 g/mol. The van der Waals surface area contributed by atoms with Crippen LogP contribution in [0.5, 0.6) is 11.5 Å². The number of ether oxygens (including phenoxy) is 1. The molecule has 0 aliphatic heterocycles. The first-order valence-electron chi connectivity index (χ1n) is 8.18. The van der Waals surface area contributed by atoms with Gasteiger partial charge in [-0.25, -0.2) is 13.6 Å². The zero-order valence-corrected chi connectivity index (χ0v) is 15.2. The van der Waals surface area contributed by atoms with Crippen LogP contribution in [0, 0.1) is 11.6 Å². The summed E-state index contributed by atoms with van der Waals surface area (Å²) in [6, 6.07) is 10.9. The summed E-state index contributed by atoms with van der Waals surface area (Å²) in [7, 11) is 0. The van der Waals surface area contributed by atoms with Crippen molar-refractivity contribution in [3.05, 3.63) is 70.8 Å². The molecule has 6 nitrogen and oxygen atoms in total. The Hall–Kier alpha value is -3.65. The van der Waals surface area contributed by atoms with E-state index >= 15 is 0 Å². The van der Waals surface area contributed by atoms with Crippen molar-refractivity contribution in [3.63, 3.8) is 0 Å². The van der Waals surface area contributed by atoms with E-state index < -0.39 is 28.9 Å². The zero-order valence-electron chi connectivity index (χ0n) is 14.4. The lowest BCUT2D eigenvalue weighted by molar-refractivity contribution is 0.0691. The van der Waals surface area contributed by atoms with Crippen molar-refractivity contribution in [2.45, 2.75) is 0 Å². The number of aromatic carboxylic acids is 1. The third kappa shape index (κ3) is 3.45. The molecule has 0 spiro atoms. The third-order valence-electron chi connectivity index (χ3n) is 4.22. The molecule has 1 aromatic heterocycles. The molecule has 0 unspecified atom stereocenters. The smallest absolute Gasteiger partial charge is 0.338 e. The number of nitrogens with two attached hydrogens (primary N) is 1. The molecule has 0 bridgehead atoms. The van der Waals surface area contributed by atoms with Gasteiger partial charge in [-0.3, -0.25) is 0 Å². The molecule has 3 aromatic carbocycles. The predicted octanol–water partition coefficient (Wildman–Crippen LogP) is 5.50. The second-order valence-corrected chi connectivity index (χ2v) is 6.53. The van der Waals surface area contributed by atoms with Crippen molar-refractivity contribution in [2.24, 2.45) is 0 Å². The summed E-state index contributed by atoms with van der Waals surface area (Å²) in [5.74, 6) is -3.83. The van der Waals surface area contributed by atoms with Gasteiger partial charge in [0.1, 0.15) is 11.6 Å². The van der Waals surface area contributed by atoms with Crippen molar-refractivity contribution in [1.29, 1.82) is 0 Å². The quantitative estimate of drug-likeness (QED) is 0.456. The molecule has 0 saturated heterocycles. The maximum absolute atomic E-state index is 14.3. The monoisotopic (exact) mass is 416 g/mol. The van der Waals surface area contributed by atoms with Crippen LogP contribution in [-0.2, 0) is 0 Å². The normalized spacial score (nSPS) is 11.0. The molecule has 4 aromatic rings. The Morgan fingerprint density at radius 2 is 1.86 bits per heavy atom. The number of nitrogens with zero attached hydrogens (tertiary/aromatic N) is 1. The van der Waals surface area contributed by atoms with E-state index in [1.807, 2.05) is 0 Å². The lowest BCUT2D eigenvalue weighted by Gasteiger charge is -2.13. The Kier molecular flexibility index (Phi) is 4.56. The van der Waals surface area contributed by atoms with Gasteiger partial charge < -0.3 is 20.1 Å². The summed E-state index contributed by atoms with van der Waals surface area (Å²) in [5.41, 5.74) is 6.57. The van der Waals surface area contributed by atoms with E-state index in [1.54, 1.807) is 24.3 Å². The van der Waals surface area contributed by atoms with E-state index in [2.05, 4.69) is 5.16 Å².